The first kappa shape index (κ1) is 14.3. The lowest BCUT2D eigenvalue weighted by molar-refractivity contribution is 0.453. The summed E-state index contributed by atoms with van der Waals surface area (Å²) in [6.07, 6.45) is 12.7. The number of unbranched alkanes of at least 4 members (excludes halogenated alkanes) is 5. The van der Waals surface area contributed by atoms with E-state index in [0.29, 0.717) is 0 Å². The van der Waals surface area contributed by atoms with Crippen molar-refractivity contribution in [2.75, 3.05) is 5.75 Å². The second-order valence-electron chi connectivity index (χ2n) is 4.53. The molecule has 0 aromatic carbocycles. The lowest BCUT2D eigenvalue weighted by Crippen LogP contribution is -1.95. The lowest BCUT2D eigenvalue weighted by atomic mass is 9.98. The van der Waals surface area contributed by atoms with Crippen LogP contribution in [-0.2, 0) is 0 Å². The molecule has 0 saturated carbocycles. The Labute approximate surface area is 96.3 Å². The topological polar surface area (TPSA) is 0 Å². The zero-order chi connectivity index (χ0) is 10.6. The maximum absolute atomic E-state index is 4.24. The molecule has 0 heterocycles. The summed E-state index contributed by atoms with van der Waals surface area (Å²) in [5.41, 5.74) is 0. The summed E-state index contributed by atoms with van der Waals surface area (Å²) in [5.74, 6) is 1.98. The van der Waals surface area contributed by atoms with Crippen molar-refractivity contribution in [1.82, 2.24) is 0 Å². The van der Waals surface area contributed by atoms with Crippen LogP contribution in [0.25, 0.3) is 0 Å². The molecule has 0 rings (SSSR count). The first-order valence-electron chi connectivity index (χ1n) is 6.42. The van der Waals surface area contributed by atoms with Gasteiger partial charge in [-0.05, 0) is 24.5 Å². The van der Waals surface area contributed by atoms with Crippen molar-refractivity contribution < 1.29 is 0 Å². The predicted octanol–water partition coefficient (Wildman–Crippen LogP) is 5.08. The lowest BCUT2D eigenvalue weighted by Gasteiger charge is -2.09. The Morgan fingerprint density at radius 3 is 2.07 bits per heavy atom. The summed E-state index contributed by atoms with van der Waals surface area (Å²) in [6.45, 7) is 4.66. The third-order valence-corrected chi connectivity index (χ3v) is 3.22. The van der Waals surface area contributed by atoms with E-state index in [4.69, 9.17) is 0 Å². The van der Waals surface area contributed by atoms with Gasteiger partial charge in [-0.1, -0.05) is 58.8 Å². The van der Waals surface area contributed by atoms with Gasteiger partial charge in [-0.15, -0.1) is 0 Å². The molecule has 0 N–H and O–H groups in total. The van der Waals surface area contributed by atoms with E-state index >= 15 is 0 Å². The molecule has 86 valence electrons. The summed E-state index contributed by atoms with van der Waals surface area (Å²) in [5, 5.41) is 0. The number of hydrogen-bond acceptors (Lipinski definition) is 1. The molecule has 0 fully saturated rings. The van der Waals surface area contributed by atoms with E-state index in [2.05, 4.69) is 26.5 Å². The second kappa shape index (κ2) is 11.4. The Hall–Kier alpha value is 0.350. The van der Waals surface area contributed by atoms with Gasteiger partial charge in [-0.3, -0.25) is 0 Å². The van der Waals surface area contributed by atoms with Crippen LogP contribution < -0.4 is 0 Å². The Morgan fingerprint density at radius 2 is 1.43 bits per heavy atom. The van der Waals surface area contributed by atoms with Gasteiger partial charge in [-0.25, -0.2) is 0 Å². The Kier molecular flexibility index (Phi) is 11.7. The molecule has 0 aliphatic carbocycles. The Morgan fingerprint density at radius 1 is 0.857 bits per heavy atom. The predicted molar refractivity (Wildman–Crippen MR) is 70.2 cm³/mol. The fraction of sp³-hybridized carbons (Fsp3) is 1.00. The van der Waals surface area contributed by atoms with Gasteiger partial charge in [0, 0.05) is 0 Å². The molecule has 0 aliphatic heterocycles. The highest BCUT2D eigenvalue weighted by molar-refractivity contribution is 7.80. The van der Waals surface area contributed by atoms with Gasteiger partial charge in [0.1, 0.15) is 0 Å². The fourth-order valence-corrected chi connectivity index (χ4v) is 2.04. The van der Waals surface area contributed by atoms with E-state index in [9.17, 15) is 0 Å². The zero-order valence-electron chi connectivity index (χ0n) is 10.1. The van der Waals surface area contributed by atoms with Crippen LogP contribution in [0.5, 0.6) is 0 Å². The third kappa shape index (κ3) is 10.4. The Bertz CT molecular complexity index is 101. The molecule has 0 amide bonds. The molecule has 0 bridgehead atoms. The van der Waals surface area contributed by atoms with Crippen LogP contribution in [0.3, 0.4) is 0 Å². The number of hydrogen-bond donors (Lipinski definition) is 1. The van der Waals surface area contributed by atoms with Crippen LogP contribution in [-0.4, -0.2) is 5.75 Å². The minimum absolute atomic E-state index is 0.924. The normalized spacial score (nSPS) is 13.1. The molecule has 0 aliphatic rings. The van der Waals surface area contributed by atoms with Crippen LogP contribution in [0.2, 0.25) is 0 Å². The van der Waals surface area contributed by atoms with Crippen LogP contribution in [0, 0.1) is 5.92 Å². The first-order valence-corrected chi connectivity index (χ1v) is 7.05. The van der Waals surface area contributed by atoms with Crippen LogP contribution in [0.15, 0.2) is 0 Å². The van der Waals surface area contributed by atoms with E-state index in [1.807, 2.05) is 0 Å². The highest BCUT2D eigenvalue weighted by Crippen LogP contribution is 2.16. The quantitative estimate of drug-likeness (QED) is 0.382. The van der Waals surface area contributed by atoms with Crippen molar-refractivity contribution in [2.24, 2.45) is 5.92 Å². The fourth-order valence-electron chi connectivity index (χ4n) is 1.86. The van der Waals surface area contributed by atoms with E-state index in [1.54, 1.807) is 0 Å². The third-order valence-electron chi connectivity index (χ3n) is 2.91. The molecule has 0 nitrogen and oxygen atoms in total. The second-order valence-corrected chi connectivity index (χ2v) is 4.97. The molecule has 0 spiro atoms. The van der Waals surface area contributed by atoms with Crippen molar-refractivity contribution in [1.29, 1.82) is 0 Å². The maximum atomic E-state index is 4.24. The first-order chi connectivity index (χ1) is 6.81. The zero-order valence-corrected chi connectivity index (χ0v) is 11.0. The van der Waals surface area contributed by atoms with Gasteiger partial charge in [0.15, 0.2) is 0 Å². The van der Waals surface area contributed by atoms with Gasteiger partial charge < -0.3 is 0 Å². The molecule has 0 saturated heterocycles. The van der Waals surface area contributed by atoms with E-state index in [1.165, 1.54) is 57.8 Å². The van der Waals surface area contributed by atoms with Gasteiger partial charge >= 0.3 is 0 Å². The molecule has 1 unspecified atom stereocenters. The Balaban J connectivity index is 3.02. The minimum Gasteiger partial charge on any atom is -0.179 e. The molecule has 0 aromatic heterocycles. The van der Waals surface area contributed by atoms with Gasteiger partial charge in [0.05, 0.1) is 0 Å². The van der Waals surface area contributed by atoms with Crippen molar-refractivity contribution >= 4 is 12.6 Å². The minimum atomic E-state index is 0.924. The SMILES string of the molecule is CCCCCCCCC(C)CCCS. The maximum Gasteiger partial charge on any atom is -0.00978 e. The average molecular weight is 216 g/mol. The molecular weight excluding hydrogens is 188 g/mol. The van der Waals surface area contributed by atoms with E-state index in [-0.39, 0.29) is 0 Å². The summed E-state index contributed by atoms with van der Waals surface area (Å²) < 4.78 is 0. The standard InChI is InChI=1S/C13H28S/c1-3-4-5-6-7-8-10-13(2)11-9-12-14/h13-14H,3-12H2,1-2H3. The molecular formula is C13H28S. The number of rotatable bonds is 10. The van der Waals surface area contributed by atoms with E-state index in [0.717, 1.165) is 11.7 Å². The van der Waals surface area contributed by atoms with Gasteiger partial charge in [0.2, 0.25) is 0 Å². The molecule has 0 radical (unpaired) electrons. The average Bonchev–Trinajstić information content (AvgIpc) is 2.20. The highest BCUT2D eigenvalue weighted by Gasteiger charge is 2.00. The number of thiol groups is 1. The molecule has 0 aromatic rings. The highest BCUT2D eigenvalue weighted by atomic mass is 32.1. The van der Waals surface area contributed by atoms with Crippen molar-refractivity contribution in [3.8, 4) is 0 Å². The summed E-state index contributed by atoms with van der Waals surface area (Å²) in [6, 6.07) is 0. The largest absolute Gasteiger partial charge is 0.179 e. The van der Waals surface area contributed by atoms with Gasteiger partial charge in [-0.2, -0.15) is 12.6 Å². The van der Waals surface area contributed by atoms with Crippen molar-refractivity contribution in [3.05, 3.63) is 0 Å². The summed E-state index contributed by atoms with van der Waals surface area (Å²) in [7, 11) is 0. The van der Waals surface area contributed by atoms with Crippen LogP contribution in [0.1, 0.15) is 71.6 Å². The van der Waals surface area contributed by atoms with Crippen molar-refractivity contribution in [3.63, 3.8) is 0 Å². The smallest absolute Gasteiger partial charge is 0.00978 e. The van der Waals surface area contributed by atoms with Gasteiger partial charge in [0.25, 0.3) is 0 Å². The van der Waals surface area contributed by atoms with Crippen LogP contribution >= 0.6 is 12.6 Å². The molecule has 14 heavy (non-hydrogen) atoms. The molecule has 1 heteroatoms. The molecule has 1 atom stereocenters. The van der Waals surface area contributed by atoms with E-state index < -0.39 is 0 Å². The van der Waals surface area contributed by atoms with Crippen molar-refractivity contribution in [2.45, 2.75) is 71.6 Å². The van der Waals surface area contributed by atoms with Crippen LogP contribution in [0.4, 0.5) is 0 Å². The summed E-state index contributed by atoms with van der Waals surface area (Å²) in [4.78, 5) is 0. The monoisotopic (exact) mass is 216 g/mol. The summed E-state index contributed by atoms with van der Waals surface area (Å²) >= 11 is 4.24.